The van der Waals surface area contributed by atoms with Crippen molar-refractivity contribution in [1.29, 1.82) is 0 Å². The number of anilines is 1. The van der Waals surface area contributed by atoms with Crippen LogP contribution >= 0.6 is 0 Å². The summed E-state index contributed by atoms with van der Waals surface area (Å²) in [5, 5.41) is 0. The molecule has 2 fully saturated rings. The van der Waals surface area contributed by atoms with Crippen molar-refractivity contribution in [3.63, 3.8) is 0 Å². The third-order valence-electron chi connectivity index (χ3n) is 7.38. The zero-order valence-electron chi connectivity index (χ0n) is 21.3. The van der Waals surface area contributed by atoms with Crippen molar-refractivity contribution in [1.82, 2.24) is 19.8 Å². The predicted molar refractivity (Wildman–Crippen MR) is 137 cm³/mol. The summed E-state index contributed by atoms with van der Waals surface area (Å²) >= 11 is 0. The topological polar surface area (TPSA) is 84.6 Å². The van der Waals surface area contributed by atoms with E-state index in [1.165, 1.54) is 6.42 Å². The van der Waals surface area contributed by atoms with Crippen LogP contribution in [0.25, 0.3) is 4.85 Å². The average molecular weight is 507 g/mol. The second-order valence-corrected chi connectivity index (χ2v) is 9.82. The summed E-state index contributed by atoms with van der Waals surface area (Å²) in [6.07, 6.45) is 2.61. The fourth-order valence-corrected chi connectivity index (χ4v) is 5.23. The second-order valence-electron chi connectivity index (χ2n) is 9.82. The lowest BCUT2D eigenvalue weighted by Crippen LogP contribution is -2.57. The van der Waals surface area contributed by atoms with Gasteiger partial charge in [0.15, 0.2) is 0 Å². The number of carbonyl (C=O) groups excluding carboxylic acids is 1. The van der Waals surface area contributed by atoms with E-state index in [9.17, 15) is 4.79 Å². The van der Waals surface area contributed by atoms with Gasteiger partial charge in [0.25, 0.3) is 0 Å². The Morgan fingerprint density at radius 1 is 1.19 bits per heavy atom. The van der Waals surface area contributed by atoms with Gasteiger partial charge in [-0.25, -0.2) is 11.4 Å². The van der Waals surface area contributed by atoms with E-state index in [1.54, 1.807) is 4.90 Å². The van der Waals surface area contributed by atoms with Gasteiger partial charge in [0.1, 0.15) is 25.1 Å². The molecule has 1 aromatic carbocycles. The molecule has 0 unspecified atom stereocenters. The number of benzene rings is 1. The summed E-state index contributed by atoms with van der Waals surface area (Å²) in [4.78, 5) is 32.2. The summed E-state index contributed by atoms with van der Waals surface area (Å²) in [7, 11) is 2.12. The maximum atomic E-state index is 12.9. The number of aromatic nitrogens is 2. The predicted octanol–water partition coefficient (Wildman–Crippen LogP) is 2.77. The van der Waals surface area contributed by atoms with Gasteiger partial charge in [0.05, 0.1) is 18.9 Å². The average Bonchev–Trinajstić information content (AvgIpc) is 3.35. The van der Waals surface area contributed by atoms with Crippen LogP contribution in [0.4, 0.5) is 10.6 Å². The normalized spacial score (nSPS) is 21.8. The molecule has 0 radical (unpaired) electrons. The summed E-state index contributed by atoms with van der Waals surface area (Å²) < 4.78 is 17.4. The summed E-state index contributed by atoms with van der Waals surface area (Å²) in [5.74, 6) is 0.784. The second kappa shape index (κ2) is 11.8. The van der Waals surface area contributed by atoms with Crippen LogP contribution in [-0.4, -0.2) is 90.9 Å². The number of rotatable bonds is 7. The van der Waals surface area contributed by atoms with Gasteiger partial charge in [-0.05, 0) is 32.0 Å². The molecule has 3 aliphatic rings. The number of nitrogens with zero attached hydrogens (tertiary/aromatic N) is 6. The zero-order valence-corrected chi connectivity index (χ0v) is 21.3. The van der Waals surface area contributed by atoms with Crippen molar-refractivity contribution in [2.75, 3.05) is 57.9 Å². The maximum absolute atomic E-state index is 12.9. The smallest absolute Gasteiger partial charge is 0.410 e. The van der Waals surface area contributed by atoms with Crippen molar-refractivity contribution >= 4 is 11.9 Å². The first-order valence-corrected chi connectivity index (χ1v) is 13.0. The molecule has 3 aliphatic heterocycles. The molecule has 4 heterocycles. The van der Waals surface area contributed by atoms with Crippen molar-refractivity contribution in [2.24, 2.45) is 0 Å². The van der Waals surface area contributed by atoms with Crippen LogP contribution < -0.4 is 9.64 Å². The molecule has 10 nitrogen and oxygen atoms in total. The van der Waals surface area contributed by atoms with Crippen LogP contribution in [0.1, 0.15) is 29.7 Å². The Kier molecular flexibility index (Phi) is 8.02. The number of piperazine rings is 1. The van der Waals surface area contributed by atoms with Gasteiger partial charge in [-0.1, -0.05) is 30.3 Å². The third-order valence-corrected chi connectivity index (χ3v) is 7.38. The minimum Gasteiger partial charge on any atom is -0.462 e. The van der Waals surface area contributed by atoms with E-state index in [1.807, 2.05) is 30.3 Å². The lowest BCUT2D eigenvalue weighted by Gasteiger charge is -2.40. The number of ether oxygens (including phenoxy) is 3. The van der Waals surface area contributed by atoms with Crippen LogP contribution in [0.3, 0.4) is 0 Å². The molecule has 1 amide bonds. The van der Waals surface area contributed by atoms with Crippen LogP contribution in [0, 0.1) is 6.57 Å². The zero-order chi connectivity index (χ0) is 25.6. The molecular weight excluding hydrogens is 472 g/mol. The molecule has 0 saturated carbocycles. The number of amides is 1. The summed E-state index contributed by atoms with van der Waals surface area (Å²) in [6, 6.07) is 10.1. The van der Waals surface area contributed by atoms with Crippen molar-refractivity contribution in [3.05, 3.63) is 58.6 Å². The molecule has 2 atom stereocenters. The number of carbonyl (C=O) groups is 1. The Balaban J connectivity index is 1.30. The van der Waals surface area contributed by atoms with Gasteiger partial charge in [-0.15, -0.1) is 0 Å². The quantitative estimate of drug-likeness (QED) is 0.530. The van der Waals surface area contributed by atoms with E-state index in [-0.39, 0.29) is 19.2 Å². The lowest BCUT2D eigenvalue weighted by atomic mass is 10.1. The van der Waals surface area contributed by atoms with Gasteiger partial charge in [-0.2, -0.15) is 9.97 Å². The highest BCUT2D eigenvalue weighted by Crippen LogP contribution is 2.30. The molecule has 0 spiro atoms. The molecule has 1 aromatic heterocycles. The van der Waals surface area contributed by atoms with Crippen LogP contribution in [0.5, 0.6) is 6.01 Å². The highest BCUT2D eigenvalue weighted by Gasteiger charge is 2.36. The molecule has 2 aromatic rings. The van der Waals surface area contributed by atoms with E-state index in [4.69, 9.17) is 30.8 Å². The van der Waals surface area contributed by atoms with Crippen molar-refractivity contribution in [2.45, 2.75) is 44.6 Å². The van der Waals surface area contributed by atoms with E-state index in [0.717, 1.165) is 35.6 Å². The van der Waals surface area contributed by atoms with Gasteiger partial charge in [0, 0.05) is 37.7 Å². The van der Waals surface area contributed by atoms with Crippen LogP contribution in [0.2, 0.25) is 0 Å². The van der Waals surface area contributed by atoms with E-state index in [0.29, 0.717) is 57.9 Å². The largest absolute Gasteiger partial charge is 0.462 e. The first-order valence-electron chi connectivity index (χ1n) is 13.0. The SMILES string of the molecule is [C-]#[N+]C[C@H]1CN(c2nc(OC[C@@H]3CCCN3C)nc3c2COCC3)CCN1C(=O)OCc1ccccc1. The Labute approximate surface area is 217 Å². The molecule has 10 heteroatoms. The molecule has 0 bridgehead atoms. The van der Waals surface area contributed by atoms with Crippen LogP contribution in [0.15, 0.2) is 30.3 Å². The monoisotopic (exact) mass is 506 g/mol. The van der Waals surface area contributed by atoms with Crippen molar-refractivity contribution < 1.29 is 19.0 Å². The fourth-order valence-electron chi connectivity index (χ4n) is 5.23. The Morgan fingerprint density at radius 2 is 2.05 bits per heavy atom. The Morgan fingerprint density at radius 3 is 2.84 bits per heavy atom. The van der Waals surface area contributed by atoms with E-state index < -0.39 is 6.09 Å². The highest BCUT2D eigenvalue weighted by molar-refractivity contribution is 5.69. The third kappa shape index (κ3) is 5.95. The van der Waals surface area contributed by atoms with Gasteiger partial charge >= 0.3 is 12.1 Å². The number of hydrogen-bond donors (Lipinski definition) is 0. The van der Waals surface area contributed by atoms with Gasteiger partial charge in [0.2, 0.25) is 6.54 Å². The molecule has 37 heavy (non-hydrogen) atoms. The summed E-state index contributed by atoms with van der Waals surface area (Å²) in [6.45, 7) is 12.1. The minimum atomic E-state index is -0.394. The Bertz CT molecular complexity index is 1120. The maximum Gasteiger partial charge on any atom is 0.410 e. The number of fused-ring (bicyclic) bond motifs is 1. The van der Waals surface area contributed by atoms with Gasteiger partial charge in [-0.3, -0.25) is 4.90 Å². The van der Waals surface area contributed by atoms with Crippen molar-refractivity contribution in [3.8, 4) is 6.01 Å². The summed E-state index contributed by atoms with van der Waals surface area (Å²) in [5.41, 5.74) is 2.86. The molecule has 0 aliphatic carbocycles. The fraction of sp³-hybridized carbons (Fsp3) is 0.556. The van der Waals surface area contributed by atoms with Crippen LogP contribution in [-0.2, 0) is 29.1 Å². The van der Waals surface area contributed by atoms with E-state index >= 15 is 0 Å². The molecule has 2 saturated heterocycles. The minimum absolute atomic E-state index is 0.193. The molecule has 0 N–H and O–H groups in total. The number of likely N-dealkylation sites (tertiary alicyclic amines) is 1. The van der Waals surface area contributed by atoms with E-state index in [2.05, 4.69) is 21.7 Å². The standard InChI is InChI=1S/C27H34N6O4/c1-28-15-22-16-32(12-13-33(22)27(34)37-17-20-7-4-3-5-8-20)25-23-19-35-14-10-24(23)29-26(30-25)36-18-21-9-6-11-31(21)2/h3-5,7-8,21-22H,6,9-19H2,2H3/t21-,22-/m0/s1. The van der Waals surface area contributed by atoms with Gasteiger partial charge < -0.3 is 28.9 Å². The number of hydrogen-bond acceptors (Lipinski definition) is 8. The molecule has 196 valence electrons. The Hall–Kier alpha value is -3.42. The number of likely N-dealkylation sites (N-methyl/N-ethyl adjacent to an activating group) is 1. The first kappa shape index (κ1) is 25.2. The first-order chi connectivity index (χ1) is 18.1. The lowest BCUT2D eigenvalue weighted by molar-refractivity contribution is 0.0784. The molecular formula is C27H34N6O4. The highest BCUT2D eigenvalue weighted by atomic mass is 16.6. The molecule has 5 rings (SSSR count).